The topological polar surface area (TPSA) is 32.8 Å². The van der Waals surface area contributed by atoms with Gasteiger partial charge in [-0.1, -0.05) is 13.8 Å². The molecule has 2 fully saturated rings. The molecule has 0 spiro atoms. The minimum atomic E-state index is -0.464. The smallest absolute Gasteiger partial charge is 0.178 e. The minimum Gasteiger partial charge on any atom is -0.491 e. The molecule has 6 heteroatoms. The van der Waals surface area contributed by atoms with Gasteiger partial charge in [0.15, 0.2) is 5.78 Å². The molecule has 0 radical (unpaired) electrons. The average Bonchev–Trinajstić information content (AvgIpc) is 2.65. The van der Waals surface area contributed by atoms with Gasteiger partial charge in [0.25, 0.3) is 0 Å². The van der Waals surface area contributed by atoms with Gasteiger partial charge >= 0.3 is 0 Å². The van der Waals surface area contributed by atoms with Gasteiger partial charge in [-0.3, -0.25) is 4.79 Å². The highest BCUT2D eigenvalue weighted by molar-refractivity contribution is 14.1. The van der Waals surface area contributed by atoms with Crippen LogP contribution in [0.5, 0.6) is 5.75 Å². The number of ketones is 1. The summed E-state index contributed by atoms with van der Waals surface area (Å²) in [6, 6.07) is 4.13. The molecule has 0 aliphatic carbocycles. The summed E-state index contributed by atoms with van der Waals surface area (Å²) in [5, 5.41) is 0. The molecular weight excluding hydrogens is 590 g/mol. The van der Waals surface area contributed by atoms with Gasteiger partial charge < -0.3 is 14.5 Å². The Bertz CT molecular complexity index is 745. The fourth-order valence-corrected chi connectivity index (χ4v) is 7.44. The van der Waals surface area contributed by atoms with E-state index < -0.39 is 5.41 Å². The van der Waals surface area contributed by atoms with Gasteiger partial charge in [-0.2, -0.15) is 0 Å². The number of nitrogens with zero attached hydrogens (tertiary/aromatic N) is 2. The van der Waals surface area contributed by atoms with E-state index in [4.69, 9.17) is 4.74 Å². The Hall–Kier alpha value is 0.0700. The largest absolute Gasteiger partial charge is 0.491 e. The van der Waals surface area contributed by atoms with Crippen LogP contribution in [0.1, 0.15) is 49.9 Å². The van der Waals surface area contributed by atoms with E-state index in [9.17, 15) is 4.79 Å². The molecular formula is C23H32I2N2O2. The zero-order chi connectivity index (χ0) is 20.6. The lowest BCUT2D eigenvalue weighted by atomic mass is 9.76. The van der Waals surface area contributed by atoms with Crippen molar-refractivity contribution in [1.82, 2.24) is 9.80 Å². The molecule has 0 N–H and O–H groups in total. The summed E-state index contributed by atoms with van der Waals surface area (Å²) in [6.45, 7) is 11.2. The van der Waals surface area contributed by atoms with Crippen LogP contribution in [-0.2, 0) is 0 Å². The maximum atomic E-state index is 14.0. The molecule has 0 aromatic heterocycles. The zero-order valence-electron chi connectivity index (χ0n) is 17.6. The molecule has 0 saturated carbocycles. The number of benzene rings is 1. The molecule has 160 valence electrons. The zero-order valence-corrected chi connectivity index (χ0v) is 21.9. The molecule has 3 heterocycles. The molecule has 4 rings (SSSR count). The summed E-state index contributed by atoms with van der Waals surface area (Å²) in [5.41, 5.74) is 0.330. The Morgan fingerprint density at radius 2 is 1.62 bits per heavy atom. The Kier molecular flexibility index (Phi) is 7.13. The summed E-state index contributed by atoms with van der Waals surface area (Å²) in [5.74, 6) is 2.52. The molecule has 1 aromatic carbocycles. The summed E-state index contributed by atoms with van der Waals surface area (Å²) >= 11 is 4.62. The monoisotopic (exact) mass is 622 g/mol. The van der Waals surface area contributed by atoms with Crippen LogP contribution in [0.25, 0.3) is 0 Å². The first-order valence-corrected chi connectivity index (χ1v) is 13.1. The van der Waals surface area contributed by atoms with Gasteiger partial charge in [-0.05, 0) is 108 Å². The van der Waals surface area contributed by atoms with Crippen molar-refractivity contribution in [2.45, 2.75) is 39.5 Å². The van der Waals surface area contributed by atoms with Crippen molar-refractivity contribution in [3.63, 3.8) is 0 Å². The summed E-state index contributed by atoms with van der Waals surface area (Å²) in [4.78, 5) is 19.1. The van der Waals surface area contributed by atoms with Crippen molar-refractivity contribution < 1.29 is 9.53 Å². The van der Waals surface area contributed by atoms with Crippen molar-refractivity contribution in [3.05, 3.63) is 24.8 Å². The number of carbonyl (C=O) groups is 1. The molecule has 3 aliphatic heterocycles. The molecule has 2 atom stereocenters. The average molecular weight is 622 g/mol. The number of piperidine rings is 2. The van der Waals surface area contributed by atoms with Crippen molar-refractivity contribution in [3.8, 4) is 5.75 Å². The SMILES string of the molecule is CC1CCCN(CC2(CN3CCCC(C)C3)COc3c(I)cc(I)cc3C2=O)C1. The number of hydrogen-bond acceptors (Lipinski definition) is 4. The van der Waals surface area contributed by atoms with Crippen LogP contribution in [0, 0.1) is 24.4 Å². The molecule has 2 unspecified atom stereocenters. The summed E-state index contributed by atoms with van der Waals surface area (Å²) < 4.78 is 8.50. The van der Waals surface area contributed by atoms with Gasteiger partial charge in [0, 0.05) is 29.7 Å². The van der Waals surface area contributed by atoms with Crippen LogP contribution >= 0.6 is 45.2 Å². The second-order valence-corrected chi connectivity index (χ2v) is 12.0. The van der Waals surface area contributed by atoms with E-state index in [-0.39, 0.29) is 0 Å². The fourth-order valence-electron chi connectivity index (χ4n) is 5.44. The third-order valence-electron chi connectivity index (χ3n) is 6.76. The highest BCUT2D eigenvalue weighted by Crippen LogP contribution is 2.40. The third kappa shape index (κ3) is 4.95. The molecule has 0 amide bonds. The van der Waals surface area contributed by atoms with Crippen molar-refractivity contribution in [2.75, 3.05) is 45.9 Å². The fraction of sp³-hybridized carbons (Fsp3) is 0.696. The first-order chi connectivity index (χ1) is 13.9. The Morgan fingerprint density at radius 3 is 2.17 bits per heavy atom. The predicted molar refractivity (Wildman–Crippen MR) is 134 cm³/mol. The van der Waals surface area contributed by atoms with Crippen LogP contribution in [-0.4, -0.2) is 61.5 Å². The molecule has 0 bridgehead atoms. The second-order valence-electron chi connectivity index (χ2n) is 9.63. The van der Waals surface area contributed by atoms with Crippen molar-refractivity contribution in [1.29, 1.82) is 0 Å². The minimum absolute atomic E-state index is 0.298. The van der Waals surface area contributed by atoms with E-state index in [0.29, 0.717) is 24.2 Å². The van der Waals surface area contributed by atoms with Gasteiger partial charge in [-0.25, -0.2) is 0 Å². The summed E-state index contributed by atoms with van der Waals surface area (Å²) in [6.07, 6.45) is 5.08. The molecule has 3 aliphatic rings. The molecule has 29 heavy (non-hydrogen) atoms. The highest BCUT2D eigenvalue weighted by Gasteiger charge is 2.47. The number of Topliss-reactive ketones (excluding diaryl/α,β-unsaturated/α-hetero) is 1. The maximum Gasteiger partial charge on any atom is 0.178 e. The van der Waals surface area contributed by atoms with Crippen molar-refractivity contribution >= 4 is 51.0 Å². The van der Waals surface area contributed by atoms with E-state index in [0.717, 1.165) is 57.7 Å². The van der Waals surface area contributed by atoms with Crippen LogP contribution in [0.2, 0.25) is 0 Å². The number of fused-ring (bicyclic) bond motifs is 1. The number of rotatable bonds is 4. The van der Waals surface area contributed by atoms with E-state index in [2.05, 4.69) is 74.9 Å². The second kappa shape index (κ2) is 9.28. The van der Waals surface area contributed by atoms with Gasteiger partial charge in [0.05, 0.1) is 14.5 Å². The standard InChI is InChI=1S/C23H32I2N2O2/c1-16-5-3-7-26(11-16)13-23(14-27-8-4-6-17(2)12-27)15-29-21-19(22(23)28)9-18(24)10-20(21)25/h9-10,16-17H,3-8,11-15H2,1-2H3. The number of hydrogen-bond donors (Lipinski definition) is 0. The van der Waals surface area contributed by atoms with Gasteiger partial charge in [0.2, 0.25) is 0 Å². The van der Waals surface area contributed by atoms with Gasteiger partial charge in [-0.15, -0.1) is 0 Å². The number of halogens is 2. The predicted octanol–water partition coefficient (Wildman–Crippen LogP) is 4.92. The lowest BCUT2D eigenvalue weighted by Gasteiger charge is -2.45. The van der Waals surface area contributed by atoms with Crippen LogP contribution in [0.15, 0.2) is 12.1 Å². The Morgan fingerprint density at radius 1 is 1.03 bits per heavy atom. The normalized spacial score (nSPS) is 31.4. The number of ether oxygens (including phenoxy) is 1. The number of likely N-dealkylation sites (tertiary alicyclic amines) is 2. The Balaban J connectivity index is 1.65. The van der Waals surface area contributed by atoms with E-state index in [1.807, 2.05) is 6.07 Å². The highest BCUT2D eigenvalue weighted by atomic mass is 127. The first kappa shape index (κ1) is 22.3. The van der Waals surface area contributed by atoms with E-state index >= 15 is 0 Å². The van der Waals surface area contributed by atoms with E-state index in [1.165, 1.54) is 25.7 Å². The van der Waals surface area contributed by atoms with Crippen LogP contribution in [0.3, 0.4) is 0 Å². The third-order valence-corrected chi connectivity index (χ3v) is 8.19. The number of carbonyl (C=O) groups excluding carboxylic acids is 1. The quantitative estimate of drug-likeness (QED) is 0.447. The van der Waals surface area contributed by atoms with E-state index in [1.54, 1.807) is 0 Å². The van der Waals surface area contributed by atoms with Crippen molar-refractivity contribution in [2.24, 2.45) is 17.3 Å². The lowest BCUT2D eigenvalue weighted by molar-refractivity contribution is 0.0162. The first-order valence-electron chi connectivity index (χ1n) is 11.0. The van der Waals surface area contributed by atoms with Crippen LogP contribution < -0.4 is 4.74 Å². The molecule has 2 saturated heterocycles. The van der Waals surface area contributed by atoms with Crippen LogP contribution in [0.4, 0.5) is 0 Å². The Labute approximate surface area is 202 Å². The summed E-state index contributed by atoms with van der Waals surface area (Å²) in [7, 11) is 0. The molecule has 1 aromatic rings. The molecule has 4 nitrogen and oxygen atoms in total. The van der Waals surface area contributed by atoms with Gasteiger partial charge in [0.1, 0.15) is 12.4 Å². The lowest BCUT2D eigenvalue weighted by Crippen LogP contribution is -2.57. The maximum absolute atomic E-state index is 14.0.